The van der Waals surface area contributed by atoms with E-state index in [1.54, 1.807) is 0 Å². The van der Waals surface area contributed by atoms with Crippen molar-refractivity contribution < 1.29 is 0 Å². The van der Waals surface area contributed by atoms with Crippen LogP contribution in [0.3, 0.4) is 0 Å². The second-order valence-electron chi connectivity index (χ2n) is 5.13. The molecule has 1 nitrogen and oxygen atoms in total. The first kappa shape index (κ1) is 11.7. The molecule has 2 rings (SSSR count). The van der Waals surface area contributed by atoms with Crippen LogP contribution in [0, 0.1) is 13.8 Å². The summed E-state index contributed by atoms with van der Waals surface area (Å²) >= 11 is 0. The first-order valence-electron chi connectivity index (χ1n) is 6.55. The minimum absolute atomic E-state index is 0.697. The van der Waals surface area contributed by atoms with Crippen LogP contribution in [0.2, 0.25) is 0 Å². The Kier molecular flexibility index (Phi) is 4.00. The molecule has 0 bridgehead atoms. The van der Waals surface area contributed by atoms with E-state index in [0.717, 1.165) is 0 Å². The number of hydrogen-bond acceptors (Lipinski definition) is 1. The van der Waals surface area contributed by atoms with Crippen LogP contribution >= 0.6 is 0 Å². The maximum Gasteiger partial charge on any atom is 0.0108 e. The molecule has 0 aromatic heterocycles. The van der Waals surface area contributed by atoms with Gasteiger partial charge in [0.1, 0.15) is 0 Å². The Morgan fingerprint density at radius 3 is 2.94 bits per heavy atom. The van der Waals surface area contributed by atoms with Crippen LogP contribution in [-0.4, -0.2) is 12.6 Å². The normalized spacial score (nSPS) is 21.8. The second kappa shape index (κ2) is 5.49. The summed E-state index contributed by atoms with van der Waals surface area (Å²) in [7, 11) is 0. The number of aryl methyl sites for hydroxylation is 2. The van der Waals surface area contributed by atoms with E-state index in [1.807, 2.05) is 0 Å². The van der Waals surface area contributed by atoms with Gasteiger partial charge in [-0.3, -0.25) is 0 Å². The van der Waals surface area contributed by atoms with Crippen molar-refractivity contribution in [3.05, 3.63) is 34.9 Å². The molecule has 88 valence electrons. The van der Waals surface area contributed by atoms with E-state index < -0.39 is 0 Å². The van der Waals surface area contributed by atoms with E-state index in [1.165, 1.54) is 55.3 Å². The van der Waals surface area contributed by atoms with Crippen molar-refractivity contribution in [1.82, 2.24) is 5.32 Å². The lowest BCUT2D eigenvalue weighted by atomic mass is 9.97. The Morgan fingerprint density at radius 2 is 2.06 bits per heavy atom. The molecule has 1 N–H and O–H groups in total. The van der Waals surface area contributed by atoms with E-state index in [0.29, 0.717) is 6.04 Å². The molecule has 1 heteroatoms. The molecule has 1 heterocycles. The maximum atomic E-state index is 3.68. The molecule has 16 heavy (non-hydrogen) atoms. The minimum atomic E-state index is 0.697. The number of nitrogens with one attached hydrogen (secondary N) is 1. The molecule has 1 saturated heterocycles. The van der Waals surface area contributed by atoms with Gasteiger partial charge < -0.3 is 5.32 Å². The third-order valence-electron chi connectivity index (χ3n) is 3.63. The summed E-state index contributed by atoms with van der Waals surface area (Å²) in [4.78, 5) is 0. The van der Waals surface area contributed by atoms with E-state index in [9.17, 15) is 0 Å². The van der Waals surface area contributed by atoms with Crippen molar-refractivity contribution in [2.45, 2.75) is 52.0 Å². The maximum absolute atomic E-state index is 3.68. The van der Waals surface area contributed by atoms with E-state index in [-0.39, 0.29) is 0 Å². The quantitative estimate of drug-likeness (QED) is 0.801. The molecule has 0 spiro atoms. The molecule has 1 fully saturated rings. The van der Waals surface area contributed by atoms with Gasteiger partial charge in [-0.2, -0.15) is 0 Å². The summed E-state index contributed by atoms with van der Waals surface area (Å²) in [5.41, 5.74) is 4.35. The number of hydrogen-bond donors (Lipinski definition) is 1. The summed E-state index contributed by atoms with van der Waals surface area (Å²) in [6, 6.07) is 7.51. The van der Waals surface area contributed by atoms with Gasteiger partial charge in [0.15, 0.2) is 0 Å². The van der Waals surface area contributed by atoms with Gasteiger partial charge >= 0.3 is 0 Å². The monoisotopic (exact) mass is 217 g/mol. The highest BCUT2D eigenvalue weighted by atomic mass is 14.9. The molecule has 0 radical (unpaired) electrons. The summed E-state index contributed by atoms with van der Waals surface area (Å²) in [6.07, 6.45) is 6.68. The molecular formula is C15H23N. The lowest BCUT2D eigenvalue weighted by molar-refractivity contribution is 0.506. The fraction of sp³-hybridized carbons (Fsp3) is 0.600. The lowest BCUT2D eigenvalue weighted by Crippen LogP contribution is -2.30. The first-order chi connectivity index (χ1) is 7.75. The molecule has 1 aliphatic rings. The molecule has 0 amide bonds. The average molecular weight is 217 g/mol. The van der Waals surface area contributed by atoms with Crippen LogP contribution in [0.15, 0.2) is 18.2 Å². The smallest absolute Gasteiger partial charge is 0.0108 e. The van der Waals surface area contributed by atoms with Crippen molar-refractivity contribution in [1.29, 1.82) is 0 Å². The van der Waals surface area contributed by atoms with Crippen LogP contribution in [-0.2, 0) is 6.42 Å². The summed E-state index contributed by atoms with van der Waals surface area (Å²) < 4.78 is 0. The van der Waals surface area contributed by atoms with Crippen molar-refractivity contribution in [2.75, 3.05) is 6.54 Å². The predicted molar refractivity (Wildman–Crippen MR) is 69.9 cm³/mol. The van der Waals surface area contributed by atoms with Gasteiger partial charge in [-0.25, -0.2) is 0 Å². The zero-order chi connectivity index (χ0) is 11.4. The highest BCUT2D eigenvalue weighted by Crippen LogP contribution is 2.17. The Hall–Kier alpha value is -0.820. The van der Waals surface area contributed by atoms with Gasteiger partial charge in [0, 0.05) is 6.04 Å². The second-order valence-corrected chi connectivity index (χ2v) is 5.13. The lowest BCUT2D eigenvalue weighted by Gasteiger charge is -2.17. The van der Waals surface area contributed by atoms with Crippen LogP contribution in [0.1, 0.15) is 42.4 Å². The summed E-state index contributed by atoms with van der Waals surface area (Å²) in [5.74, 6) is 0. The molecular weight excluding hydrogens is 194 g/mol. The van der Waals surface area contributed by atoms with Crippen LogP contribution in [0.4, 0.5) is 0 Å². The molecule has 1 aromatic carbocycles. The third-order valence-corrected chi connectivity index (χ3v) is 3.63. The largest absolute Gasteiger partial charge is 0.314 e. The van der Waals surface area contributed by atoms with Gasteiger partial charge in [-0.05, 0) is 50.8 Å². The zero-order valence-electron chi connectivity index (χ0n) is 10.6. The van der Waals surface area contributed by atoms with Crippen LogP contribution in [0.25, 0.3) is 0 Å². The molecule has 1 atom stereocenters. The van der Waals surface area contributed by atoms with Gasteiger partial charge in [-0.15, -0.1) is 0 Å². The van der Waals surface area contributed by atoms with Crippen molar-refractivity contribution in [3.63, 3.8) is 0 Å². The highest BCUT2D eigenvalue weighted by molar-refractivity contribution is 5.31. The van der Waals surface area contributed by atoms with Crippen molar-refractivity contribution >= 4 is 0 Å². The predicted octanol–water partition coefficient (Wildman–Crippen LogP) is 3.38. The van der Waals surface area contributed by atoms with Crippen LogP contribution < -0.4 is 5.32 Å². The van der Waals surface area contributed by atoms with Gasteiger partial charge in [0.25, 0.3) is 0 Å². The van der Waals surface area contributed by atoms with Crippen molar-refractivity contribution in [2.24, 2.45) is 0 Å². The summed E-state index contributed by atoms with van der Waals surface area (Å²) in [5, 5.41) is 3.68. The minimum Gasteiger partial charge on any atom is -0.314 e. The molecule has 1 unspecified atom stereocenters. The Labute approximate surface area is 99.3 Å². The topological polar surface area (TPSA) is 12.0 Å². The Balaban J connectivity index is 2.04. The van der Waals surface area contributed by atoms with Gasteiger partial charge in [0.2, 0.25) is 0 Å². The average Bonchev–Trinajstić information content (AvgIpc) is 2.52. The fourth-order valence-corrected chi connectivity index (χ4v) is 2.56. The number of rotatable bonds is 2. The fourth-order valence-electron chi connectivity index (χ4n) is 2.56. The Morgan fingerprint density at radius 1 is 1.19 bits per heavy atom. The van der Waals surface area contributed by atoms with Crippen LogP contribution in [0.5, 0.6) is 0 Å². The molecule has 1 aromatic rings. The third kappa shape index (κ3) is 3.08. The van der Waals surface area contributed by atoms with E-state index in [2.05, 4.69) is 37.4 Å². The SMILES string of the molecule is Cc1ccc(C)c(CC2CCCCCN2)c1. The van der Waals surface area contributed by atoms with Crippen molar-refractivity contribution in [3.8, 4) is 0 Å². The standard InChI is InChI=1S/C15H23N/c1-12-7-8-13(2)14(10-12)11-15-6-4-3-5-9-16-15/h7-8,10,15-16H,3-6,9,11H2,1-2H3. The molecule has 0 aliphatic carbocycles. The molecule has 1 aliphatic heterocycles. The zero-order valence-corrected chi connectivity index (χ0v) is 10.6. The highest BCUT2D eigenvalue weighted by Gasteiger charge is 2.12. The molecule has 0 saturated carbocycles. The van der Waals surface area contributed by atoms with E-state index in [4.69, 9.17) is 0 Å². The van der Waals surface area contributed by atoms with E-state index >= 15 is 0 Å². The Bertz CT molecular complexity index is 335. The summed E-state index contributed by atoms with van der Waals surface area (Å²) in [6.45, 7) is 5.62. The van der Waals surface area contributed by atoms with Gasteiger partial charge in [-0.1, -0.05) is 36.6 Å². The number of benzene rings is 1. The first-order valence-corrected chi connectivity index (χ1v) is 6.55. The van der Waals surface area contributed by atoms with Gasteiger partial charge in [0.05, 0.1) is 0 Å².